The summed E-state index contributed by atoms with van der Waals surface area (Å²) in [6.45, 7) is 1.79. The topological polar surface area (TPSA) is 84.0 Å². The third kappa shape index (κ3) is 4.39. The quantitative estimate of drug-likeness (QED) is 0.530. The van der Waals surface area contributed by atoms with Gasteiger partial charge in [0.25, 0.3) is 0 Å². The van der Waals surface area contributed by atoms with Gasteiger partial charge in [0.1, 0.15) is 22.7 Å². The number of nitrogens with zero attached hydrogens (tertiary/aromatic N) is 4. The summed E-state index contributed by atoms with van der Waals surface area (Å²) >= 11 is 5.94. The van der Waals surface area contributed by atoms with Gasteiger partial charge >= 0.3 is 7.12 Å². The van der Waals surface area contributed by atoms with Crippen LogP contribution in [0.5, 0.6) is 0 Å². The van der Waals surface area contributed by atoms with Crippen LogP contribution in [0.15, 0.2) is 42.6 Å². The number of hydrogen-bond acceptors (Lipinski definition) is 5. The van der Waals surface area contributed by atoms with Crippen molar-refractivity contribution in [2.24, 2.45) is 7.05 Å². The van der Waals surface area contributed by atoms with Gasteiger partial charge in [-0.1, -0.05) is 23.7 Å². The molecule has 0 spiro atoms. The van der Waals surface area contributed by atoms with E-state index in [2.05, 4.69) is 16.2 Å². The number of fused-ring (bicyclic) bond motifs is 1. The summed E-state index contributed by atoms with van der Waals surface area (Å²) in [6.07, 6.45) is 2.01. The lowest BCUT2D eigenvalue weighted by molar-refractivity contribution is 0.208. The van der Waals surface area contributed by atoms with Crippen LogP contribution >= 0.6 is 11.6 Å². The second-order valence-electron chi connectivity index (χ2n) is 6.29. The lowest BCUT2D eigenvalue weighted by atomic mass is 9.79. The van der Waals surface area contributed by atoms with E-state index in [0.29, 0.717) is 22.7 Å². The molecule has 1 aromatic carbocycles. The molecule has 0 radical (unpaired) electrons. The Morgan fingerprint density at radius 2 is 2.18 bits per heavy atom. The maximum Gasteiger partial charge on any atom is 0.491 e. The van der Waals surface area contributed by atoms with Crippen LogP contribution < -0.4 is 5.46 Å². The molecule has 3 aromatic rings. The van der Waals surface area contributed by atoms with E-state index in [1.54, 1.807) is 37.0 Å². The van der Waals surface area contributed by atoms with Crippen LogP contribution in [0.1, 0.15) is 35.5 Å². The summed E-state index contributed by atoms with van der Waals surface area (Å²) in [5.41, 5.74) is 3.67. The molecule has 0 aliphatic carbocycles. The van der Waals surface area contributed by atoms with E-state index in [9.17, 15) is 9.41 Å². The van der Waals surface area contributed by atoms with Gasteiger partial charge in [0.05, 0.1) is 11.8 Å². The molecular formula is C19H17BClFN4O2. The summed E-state index contributed by atoms with van der Waals surface area (Å²) < 4.78 is 19.4. The molecule has 2 aromatic heterocycles. The second kappa shape index (κ2) is 8.53. The maximum atomic E-state index is 12.7. The molecule has 9 heteroatoms. The molecule has 1 aliphatic heterocycles. The fourth-order valence-corrected chi connectivity index (χ4v) is 3.11. The van der Waals surface area contributed by atoms with Crippen LogP contribution in [-0.4, -0.2) is 26.9 Å². The zero-order chi connectivity index (χ0) is 20.3. The average molecular weight is 399 g/mol. The van der Waals surface area contributed by atoms with Crippen molar-refractivity contribution in [3.8, 4) is 6.07 Å². The molecule has 0 saturated heterocycles. The Kier molecular flexibility index (Phi) is 6.10. The van der Waals surface area contributed by atoms with Gasteiger partial charge in [-0.05, 0) is 47.8 Å². The van der Waals surface area contributed by atoms with Crippen LogP contribution in [0.4, 0.5) is 4.39 Å². The summed E-state index contributed by atoms with van der Waals surface area (Å²) in [5.74, 6) is -0.293. The minimum atomic E-state index is -0.893. The lowest BCUT2D eigenvalue weighted by Gasteiger charge is -2.02. The Hall–Kier alpha value is -2.73. The second-order valence-corrected chi connectivity index (χ2v) is 6.65. The predicted octanol–water partition coefficient (Wildman–Crippen LogP) is 2.54. The highest BCUT2D eigenvalue weighted by Crippen LogP contribution is 2.22. The van der Waals surface area contributed by atoms with Gasteiger partial charge < -0.3 is 9.68 Å². The highest BCUT2D eigenvalue weighted by Gasteiger charge is 2.32. The first kappa shape index (κ1) is 20.0. The molecule has 0 amide bonds. The molecule has 4 rings (SSSR count). The minimum Gasteiger partial charge on any atom is -0.423 e. The molecule has 6 nitrogen and oxygen atoms in total. The van der Waals surface area contributed by atoms with Crippen LogP contribution in [0.3, 0.4) is 0 Å². The summed E-state index contributed by atoms with van der Waals surface area (Å²) in [5, 5.41) is 22.8. The van der Waals surface area contributed by atoms with Crippen molar-refractivity contribution in [1.29, 1.82) is 5.26 Å². The number of pyridine rings is 1. The third-order valence-corrected chi connectivity index (χ3v) is 4.68. The van der Waals surface area contributed by atoms with Crippen molar-refractivity contribution >= 4 is 24.2 Å². The third-order valence-electron chi connectivity index (χ3n) is 4.34. The van der Waals surface area contributed by atoms with Crippen LogP contribution in [0.2, 0.25) is 5.15 Å². The molecule has 3 heterocycles. The number of benzene rings is 1. The average Bonchev–Trinajstić information content (AvgIpc) is 3.16. The highest BCUT2D eigenvalue weighted by molar-refractivity contribution is 6.61. The van der Waals surface area contributed by atoms with Crippen molar-refractivity contribution in [3.05, 3.63) is 76.1 Å². The standard InChI is InChI=1S/C11H9ClN4.C8H8BFO2/c1-16-10(7-13)6-9(15-16)5-8-3-2-4-14-11(8)12;1-5-7-4-6(10)2-3-8(7)9(11)12-5/h2-4,6H,5H2,1H3;2-5,11H,1H3/t;5-/m.1/s1. The Balaban J connectivity index is 0.000000167. The first-order chi connectivity index (χ1) is 13.4. The molecule has 0 saturated carbocycles. The first-order valence-electron chi connectivity index (χ1n) is 8.54. The number of nitriles is 1. The van der Waals surface area contributed by atoms with E-state index in [-0.39, 0.29) is 11.9 Å². The zero-order valence-electron chi connectivity index (χ0n) is 15.3. The molecule has 0 bridgehead atoms. The Labute approximate surface area is 167 Å². The van der Waals surface area contributed by atoms with E-state index in [4.69, 9.17) is 21.5 Å². The van der Waals surface area contributed by atoms with E-state index >= 15 is 0 Å². The fourth-order valence-electron chi connectivity index (χ4n) is 2.93. The molecule has 1 atom stereocenters. The first-order valence-corrected chi connectivity index (χ1v) is 8.92. The lowest BCUT2D eigenvalue weighted by Crippen LogP contribution is -2.27. The van der Waals surface area contributed by atoms with Crippen molar-refractivity contribution in [1.82, 2.24) is 14.8 Å². The van der Waals surface area contributed by atoms with Crippen molar-refractivity contribution < 1.29 is 14.1 Å². The fraction of sp³-hybridized carbons (Fsp3) is 0.211. The van der Waals surface area contributed by atoms with Crippen LogP contribution in [0.25, 0.3) is 0 Å². The monoisotopic (exact) mass is 398 g/mol. The molecule has 0 fully saturated rings. The van der Waals surface area contributed by atoms with Gasteiger partial charge in [0.15, 0.2) is 0 Å². The van der Waals surface area contributed by atoms with Crippen molar-refractivity contribution in [2.75, 3.05) is 0 Å². The van der Waals surface area contributed by atoms with Gasteiger partial charge in [-0.15, -0.1) is 0 Å². The molecule has 28 heavy (non-hydrogen) atoms. The van der Waals surface area contributed by atoms with Gasteiger partial charge in [-0.25, -0.2) is 9.37 Å². The summed E-state index contributed by atoms with van der Waals surface area (Å²) in [6, 6.07) is 11.8. The molecule has 1 N–H and O–H groups in total. The van der Waals surface area contributed by atoms with Crippen LogP contribution in [0, 0.1) is 17.1 Å². The smallest absolute Gasteiger partial charge is 0.423 e. The number of rotatable bonds is 2. The molecule has 142 valence electrons. The highest BCUT2D eigenvalue weighted by atomic mass is 35.5. The number of aromatic nitrogens is 3. The zero-order valence-corrected chi connectivity index (χ0v) is 16.1. The van der Waals surface area contributed by atoms with Gasteiger partial charge in [-0.3, -0.25) is 4.68 Å². The molecule has 0 unspecified atom stereocenters. The van der Waals surface area contributed by atoms with Gasteiger partial charge in [-0.2, -0.15) is 10.4 Å². The SMILES string of the molecule is C[C@H]1OB(O)c2ccc(F)cc21.Cn1nc(Cc2cccnc2Cl)cc1C#N. The van der Waals surface area contributed by atoms with E-state index in [0.717, 1.165) is 16.8 Å². The Morgan fingerprint density at radius 1 is 1.39 bits per heavy atom. The van der Waals surface area contributed by atoms with Gasteiger partial charge in [0.2, 0.25) is 0 Å². The van der Waals surface area contributed by atoms with Crippen LogP contribution in [-0.2, 0) is 18.1 Å². The molecule has 1 aliphatic rings. The summed E-state index contributed by atoms with van der Waals surface area (Å²) in [4.78, 5) is 3.99. The Bertz CT molecular complexity index is 1040. The normalized spacial score (nSPS) is 14.9. The number of halogens is 2. The summed E-state index contributed by atoms with van der Waals surface area (Å²) in [7, 11) is 0.850. The van der Waals surface area contributed by atoms with Gasteiger partial charge in [0, 0.05) is 19.7 Å². The largest absolute Gasteiger partial charge is 0.491 e. The number of hydrogen-bond donors (Lipinski definition) is 1. The van der Waals surface area contributed by atoms with E-state index in [1.807, 2.05) is 12.1 Å². The molecular weight excluding hydrogens is 381 g/mol. The van der Waals surface area contributed by atoms with Crippen molar-refractivity contribution in [2.45, 2.75) is 19.4 Å². The maximum absolute atomic E-state index is 12.7. The van der Waals surface area contributed by atoms with E-state index in [1.165, 1.54) is 12.1 Å². The van der Waals surface area contributed by atoms with E-state index < -0.39 is 7.12 Å². The minimum absolute atomic E-state index is 0.217. The van der Waals surface area contributed by atoms with Crippen molar-refractivity contribution in [3.63, 3.8) is 0 Å². The Morgan fingerprint density at radius 3 is 2.86 bits per heavy atom. The number of aryl methyl sites for hydroxylation is 1. The predicted molar refractivity (Wildman–Crippen MR) is 103 cm³/mol.